The van der Waals surface area contributed by atoms with Gasteiger partial charge in [-0.25, -0.2) is 0 Å². The Morgan fingerprint density at radius 1 is 0.952 bits per heavy atom. The van der Waals surface area contributed by atoms with E-state index in [9.17, 15) is 4.79 Å². The van der Waals surface area contributed by atoms with E-state index in [4.69, 9.17) is 11.6 Å². The van der Waals surface area contributed by atoms with Gasteiger partial charge in [-0.2, -0.15) is 0 Å². The predicted octanol–water partition coefficient (Wildman–Crippen LogP) is 6.19. The molecule has 0 amide bonds. The molecule has 1 nitrogen and oxygen atoms in total. The molecule has 1 unspecified atom stereocenters. The Balaban J connectivity index is 1.72. The lowest BCUT2D eigenvalue weighted by Gasteiger charge is -2.39. The van der Waals surface area contributed by atoms with Crippen LogP contribution in [0.5, 0.6) is 0 Å². The quantitative estimate of drug-likeness (QED) is 0.534. The summed E-state index contributed by atoms with van der Waals surface area (Å²) in [7, 11) is 0. The van der Waals surface area contributed by atoms with Gasteiger partial charge in [-0.3, -0.25) is 4.79 Å². The molecule has 0 heterocycles. The van der Waals surface area contributed by atoms with Crippen LogP contribution < -0.4 is 0 Å². The van der Waals surface area contributed by atoms with E-state index in [0.717, 1.165) is 23.7 Å². The molecule has 0 N–H and O–H groups in total. The molecule has 1 atom stereocenters. The maximum Gasteiger partial charge on any atom is 0.221 e. The standard InChI is InChI=1S/C19H33ClO/c1-3-4-15-5-9-17(10-6-15)14(2)18-11-7-16(8-12-18)13-19(20)21/h14-18H,3-13H2,1-2H3. The highest BCUT2D eigenvalue weighted by atomic mass is 35.5. The molecular weight excluding hydrogens is 280 g/mol. The molecule has 0 aliphatic heterocycles. The van der Waals surface area contributed by atoms with Gasteiger partial charge in [0, 0.05) is 6.42 Å². The van der Waals surface area contributed by atoms with Gasteiger partial charge in [0.2, 0.25) is 5.24 Å². The molecule has 0 aromatic carbocycles. The van der Waals surface area contributed by atoms with Crippen LogP contribution in [-0.4, -0.2) is 5.24 Å². The first-order valence-corrected chi connectivity index (χ1v) is 9.66. The Bertz CT molecular complexity index is 312. The van der Waals surface area contributed by atoms with Crippen LogP contribution in [-0.2, 0) is 4.79 Å². The van der Waals surface area contributed by atoms with Crippen LogP contribution in [0.2, 0.25) is 0 Å². The van der Waals surface area contributed by atoms with Gasteiger partial charge in [0.25, 0.3) is 0 Å². The third-order valence-electron chi connectivity index (χ3n) is 6.42. The van der Waals surface area contributed by atoms with E-state index in [0.29, 0.717) is 12.3 Å². The lowest BCUT2D eigenvalue weighted by Crippen LogP contribution is -2.28. The Morgan fingerprint density at radius 2 is 1.43 bits per heavy atom. The summed E-state index contributed by atoms with van der Waals surface area (Å²) in [5.41, 5.74) is 0. The Labute approximate surface area is 136 Å². The second-order valence-electron chi connectivity index (χ2n) is 7.77. The van der Waals surface area contributed by atoms with Gasteiger partial charge in [0.15, 0.2) is 0 Å². The van der Waals surface area contributed by atoms with Crippen LogP contribution in [0.3, 0.4) is 0 Å². The average molecular weight is 313 g/mol. The summed E-state index contributed by atoms with van der Waals surface area (Å²) in [6, 6.07) is 0. The highest BCUT2D eigenvalue weighted by molar-refractivity contribution is 6.63. The van der Waals surface area contributed by atoms with Crippen molar-refractivity contribution in [3.8, 4) is 0 Å². The summed E-state index contributed by atoms with van der Waals surface area (Å²) in [5, 5.41) is -0.138. The minimum atomic E-state index is -0.138. The third kappa shape index (κ3) is 5.27. The first-order chi connectivity index (χ1) is 10.1. The molecule has 2 rings (SSSR count). The highest BCUT2D eigenvalue weighted by Gasteiger charge is 2.32. The maximum atomic E-state index is 11.0. The number of rotatable bonds is 6. The molecule has 0 saturated heterocycles. The van der Waals surface area contributed by atoms with E-state index in [-0.39, 0.29) is 5.24 Å². The Kier molecular flexibility index (Phi) is 7.05. The van der Waals surface area contributed by atoms with Crippen molar-refractivity contribution in [2.45, 2.75) is 84.5 Å². The summed E-state index contributed by atoms with van der Waals surface area (Å²) in [6.45, 7) is 4.82. The molecule has 0 aromatic rings. The Hall–Kier alpha value is -0.0400. The molecule has 2 fully saturated rings. The van der Waals surface area contributed by atoms with Crippen molar-refractivity contribution >= 4 is 16.8 Å². The van der Waals surface area contributed by atoms with Crippen molar-refractivity contribution in [1.29, 1.82) is 0 Å². The minimum Gasteiger partial charge on any atom is -0.281 e. The van der Waals surface area contributed by atoms with Crippen LogP contribution in [0, 0.1) is 29.6 Å². The van der Waals surface area contributed by atoms with E-state index in [1.807, 2.05) is 0 Å². The zero-order valence-electron chi connectivity index (χ0n) is 14.0. The highest BCUT2D eigenvalue weighted by Crippen LogP contribution is 2.43. The van der Waals surface area contributed by atoms with E-state index in [1.165, 1.54) is 64.2 Å². The number of carbonyl (C=O) groups is 1. The van der Waals surface area contributed by atoms with Crippen molar-refractivity contribution in [1.82, 2.24) is 0 Å². The molecule has 21 heavy (non-hydrogen) atoms. The van der Waals surface area contributed by atoms with Crippen molar-refractivity contribution in [2.24, 2.45) is 29.6 Å². The Morgan fingerprint density at radius 3 is 1.86 bits per heavy atom. The second kappa shape index (κ2) is 8.56. The molecule has 2 heteroatoms. The van der Waals surface area contributed by atoms with Gasteiger partial charge in [0.05, 0.1) is 0 Å². The molecular formula is C19H33ClO. The molecule has 0 aromatic heterocycles. The van der Waals surface area contributed by atoms with E-state index >= 15 is 0 Å². The van der Waals surface area contributed by atoms with Gasteiger partial charge in [0.1, 0.15) is 0 Å². The number of halogens is 1. The van der Waals surface area contributed by atoms with Crippen molar-refractivity contribution in [3.63, 3.8) is 0 Å². The van der Waals surface area contributed by atoms with Gasteiger partial charge >= 0.3 is 0 Å². The molecule has 122 valence electrons. The number of carbonyl (C=O) groups excluding carboxylic acids is 1. The zero-order chi connectivity index (χ0) is 15.2. The van der Waals surface area contributed by atoms with Crippen LogP contribution in [0.4, 0.5) is 0 Å². The van der Waals surface area contributed by atoms with Crippen LogP contribution >= 0.6 is 11.6 Å². The number of hydrogen-bond donors (Lipinski definition) is 0. The summed E-state index contributed by atoms with van der Waals surface area (Å²) in [6.07, 6.45) is 14.4. The topological polar surface area (TPSA) is 17.1 Å². The van der Waals surface area contributed by atoms with Crippen molar-refractivity contribution < 1.29 is 4.79 Å². The molecule has 0 radical (unpaired) electrons. The monoisotopic (exact) mass is 312 g/mol. The third-order valence-corrected chi connectivity index (χ3v) is 6.57. The first-order valence-electron chi connectivity index (χ1n) is 9.28. The average Bonchev–Trinajstić information content (AvgIpc) is 2.48. The van der Waals surface area contributed by atoms with Crippen molar-refractivity contribution in [2.75, 3.05) is 0 Å². The van der Waals surface area contributed by atoms with Gasteiger partial charge in [-0.1, -0.05) is 39.5 Å². The lowest BCUT2D eigenvalue weighted by atomic mass is 9.67. The van der Waals surface area contributed by atoms with Gasteiger partial charge in [-0.15, -0.1) is 0 Å². The molecule has 0 spiro atoms. The molecule has 2 saturated carbocycles. The molecule has 2 aliphatic rings. The summed E-state index contributed by atoms with van der Waals surface area (Å²) < 4.78 is 0. The minimum absolute atomic E-state index is 0.138. The SMILES string of the molecule is CCCC1CCC(C(C)C2CCC(CC(=O)Cl)CC2)CC1. The molecule has 2 aliphatic carbocycles. The lowest BCUT2D eigenvalue weighted by molar-refractivity contribution is -0.112. The van der Waals surface area contributed by atoms with Gasteiger partial charge < -0.3 is 0 Å². The van der Waals surface area contributed by atoms with E-state index in [2.05, 4.69) is 13.8 Å². The first kappa shape index (κ1) is 17.3. The predicted molar refractivity (Wildman–Crippen MR) is 90.4 cm³/mol. The van der Waals surface area contributed by atoms with Gasteiger partial charge in [-0.05, 0) is 79.7 Å². The van der Waals surface area contributed by atoms with E-state index < -0.39 is 0 Å². The fourth-order valence-electron chi connectivity index (χ4n) is 4.94. The molecule has 0 bridgehead atoms. The van der Waals surface area contributed by atoms with Crippen molar-refractivity contribution in [3.05, 3.63) is 0 Å². The zero-order valence-corrected chi connectivity index (χ0v) is 14.7. The van der Waals surface area contributed by atoms with Crippen LogP contribution in [0.1, 0.15) is 84.5 Å². The number of hydrogen-bond acceptors (Lipinski definition) is 1. The largest absolute Gasteiger partial charge is 0.281 e. The summed E-state index contributed by atoms with van der Waals surface area (Å²) in [5.74, 6) is 4.34. The summed E-state index contributed by atoms with van der Waals surface area (Å²) in [4.78, 5) is 11.0. The van der Waals surface area contributed by atoms with Crippen LogP contribution in [0.15, 0.2) is 0 Å². The maximum absolute atomic E-state index is 11.0. The normalized spacial score (nSPS) is 35.4. The second-order valence-corrected chi connectivity index (χ2v) is 8.19. The fraction of sp³-hybridized carbons (Fsp3) is 0.947. The van der Waals surface area contributed by atoms with Crippen LogP contribution in [0.25, 0.3) is 0 Å². The summed E-state index contributed by atoms with van der Waals surface area (Å²) >= 11 is 5.53. The smallest absolute Gasteiger partial charge is 0.221 e. The fourth-order valence-corrected chi connectivity index (χ4v) is 5.16. The van der Waals surface area contributed by atoms with E-state index in [1.54, 1.807) is 0 Å².